The van der Waals surface area contributed by atoms with Crippen LogP contribution in [-0.2, 0) is 22.4 Å². The van der Waals surface area contributed by atoms with E-state index in [0.29, 0.717) is 12.8 Å². The second kappa shape index (κ2) is 8.47. The van der Waals surface area contributed by atoms with Gasteiger partial charge in [0.25, 0.3) is 0 Å². The zero-order valence-corrected chi connectivity index (χ0v) is 14.4. The van der Waals surface area contributed by atoms with Crippen LogP contribution in [0.25, 0.3) is 0 Å². The van der Waals surface area contributed by atoms with Gasteiger partial charge in [-0.3, -0.25) is 9.59 Å². The number of aryl methyl sites for hydroxylation is 1. The summed E-state index contributed by atoms with van der Waals surface area (Å²) in [5.74, 6) is 0.196. The molecule has 0 unspecified atom stereocenters. The van der Waals surface area contributed by atoms with Crippen LogP contribution in [0.3, 0.4) is 0 Å². The van der Waals surface area contributed by atoms with Gasteiger partial charge in [0.2, 0.25) is 11.8 Å². The van der Waals surface area contributed by atoms with Gasteiger partial charge in [-0.15, -0.1) is 0 Å². The Morgan fingerprint density at radius 1 is 0.880 bits per heavy atom. The molecule has 2 aromatic rings. The monoisotopic (exact) mass is 336 g/mol. The van der Waals surface area contributed by atoms with Crippen molar-refractivity contribution >= 4 is 17.5 Å². The first-order valence-corrected chi connectivity index (χ1v) is 8.91. The summed E-state index contributed by atoms with van der Waals surface area (Å²) in [6.45, 7) is 1.77. The van der Waals surface area contributed by atoms with Crippen molar-refractivity contribution in [3.63, 3.8) is 0 Å². The lowest BCUT2D eigenvalue weighted by Gasteiger charge is -2.15. The van der Waals surface area contributed by atoms with Gasteiger partial charge >= 0.3 is 0 Å². The van der Waals surface area contributed by atoms with E-state index in [1.54, 1.807) is 0 Å². The number of hydrogen-bond donors (Lipinski definition) is 1. The smallest absolute Gasteiger partial charge is 0.226 e. The maximum absolute atomic E-state index is 12.2. The molecule has 4 heteroatoms. The molecule has 0 saturated carbocycles. The van der Waals surface area contributed by atoms with E-state index in [2.05, 4.69) is 5.32 Å². The summed E-state index contributed by atoms with van der Waals surface area (Å²) in [5, 5.41) is 2.91. The summed E-state index contributed by atoms with van der Waals surface area (Å²) in [6, 6.07) is 17.6. The van der Waals surface area contributed by atoms with E-state index >= 15 is 0 Å². The van der Waals surface area contributed by atoms with E-state index in [1.807, 2.05) is 59.5 Å². The van der Waals surface area contributed by atoms with Crippen molar-refractivity contribution in [3.8, 4) is 0 Å². The van der Waals surface area contributed by atoms with Gasteiger partial charge in [-0.25, -0.2) is 0 Å². The van der Waals surface area contributed by atoms with Gasteiger partial charge in [0, 0.05) is 25.2 Å². The van der Waals surface area contributed by atoms with Gasteiger partial charge in [0.15, 0.2) is 0 Å². The van der Waals surface area contributed by atoms with Crippen molar-refractivity contribution in [1.29, 1.82) is 0 Å². The number of nitrogens with zero attached hydrogens (tertiary/aromatic N) is 1. The fourth-order valence-corrected chi connectivity index (χ4v) is 3.08. The van der Waals surface area contributed by atoms with Crippen LogP contribution < -0.4 is 5.32 Å². The molecular weight excluding hydrogens is 312 g/mol. The number of nitrogens with one attached hydrogen (secondary N) is 1. The van der Waals surface area contributed by atoms with Crippen LogP contribution in [-0.4, -0.2) is 29.8 Å². The number of anilines is 1. The van der Waals surface area contributed by atoms with E-state index < -0.39 is 0 Å². The number of hydrogen-bond acceptors (Lipinski definition) is 2. The lowest BCUT2D eigenvalue weighted by molar-refractivity contribution is -0.129. The number of benzene rings is 2. The Morgan fingerprint density at radius 3 is 2.24 bits per heavy atom. The molecule has 1 heterocycles. The zero-order valence-electron chi connectivity index (χ0n) is 14.4. The number of rotatable bonds is 6. The van der Waals surface area contributed by atoms with Gasteiger partial charge in [0.1, 0.15) is 0 Å². The van der Waals surface area contributed by atoms with Crippen LogP contribution in [0.2, 0.25) is 0 Å². The van der Waals surface area contributed by atoms with Crippen LogP contribution in [0, 0.1) is 0 Å². The fourth-order valence-electron chi connectivity index (χ4n) is 3.08. The molecule has 0 bridgehead atoms. The lowest BCUT2D eigenvalue weighted by Crippen LogP contribution is -2.29. The maximum atomic E-state index is 12.2. The van der Waals surface area contributed by atoms with Crippen LogP contribution in [0.1, 0.15) is 30.4 Å². The summed E-state index contributed by atoms with van der Waals surface area (Å²) in [6.07, 6.45) is 3.84. The Hall–Kier alpha value is -2.62. The topological polar surface area (TPSA) is 49.4 Å². The number of likely N-dealkylation sites (tertiary alicyclic amines) is 1. The molecule has 2 amide bonds. The van der Waals surface area contributed by atoms with E-state index in [1.165, 1.54) is 0 Å². The first-order chi connectivity index (χ1) is 12.2. The molecule has 1 N–H and O–H groups in total. The Balaban J connectivity index is 1.46. The zero-order chi connectivity index (χ0) is 17.5. The molecular formula is C21H24N2O2. The second-order valence-corrected chi connectivity index (χ2v) is 6.50. The summed E-state index contributed by atoms with van der Waals surface area (Å²) in [5.41, 5.74) is 2.92. The largest absolute Gasteiger partial charge is 0.342 e. The van der Waals surface area contributed by atoms with E-state index in [9.17, 15) is 9.59 Å². The van der Waals surface area contributed by atoms with Crippen molar-refractivity contribution in [3.05, 3.63) is 65.7 Å². The average molecular weight is 336 g/mol. The predicted octanol–water partition coefficient (Wildman–Crippen LogP) is 3.42. The van der Waals surface area contributed by atoms with Crippen LogP contribution in [0.4, 0.5) is 5.69 Å². The Bertz CT molecular complexity index is 704. The number of amides is 2. The van der Waals surface area contributed by atoms with Gasteiger partial charge < -0.3 is 10.2 Å². The standard InChI is InChI=1S/C21H24N2O2/c24-20(13-10-17-6-2-1-3-7-17)22-19-11-8-18(9-12-19)16-21(25)23-14-4-5-15-23/h1-3,6-9,11-12H,4-5,10,13-16H2,(H,22,24). The molecule has 3 rings (SSSR count). The molecule has 2 aromatic carbocycles. The Kier molecular flexibility index (Phi) is 5.83. The minimum atomic E-state index is 0.00439. The molecule has 1 saturated heterocycles. The molecule has 1 fully saturated rings. The van der Waals surface area contributed by atoms with Crippen molar-refractivity contribution in [2.75, 3.05) is 18.4 Å². The molecule has 0 aliphatic carbocycles. The molecule has 0 aromatic heterocycles. The predicted molar refractivity (Wildman–Crippen MR) is 99.4 cm³/mol. The van der Waals surface area contributed by atoms with Gasteiger partial charge in [-0.2, -0.15) is 0 Å². The minimum Gasteiger partial charge on any atom is -0.342 e. The summed E-state index contributed by atoms with van der Waals surface area (Å²) < 4.78 is 0. The normalized spacial score (nSPS) is 13.7. The summed E-state index contributed by atoms with van der Waals surface area (Å²) in [7, 11) is 0. The molecule has 0 atom stereocenters. The van der Waals surface area contributed by atoms with Crippen LogP contribution in [0.15, 0.2) is 54.6 Å². The van der Waals surface area contributed by atoms with Crippen molar-refractivity contribution < 1.29 is 9.59 Å². The van der Waals surface area contributed by atoms with Crippen LogP contribution >= 0.6 is 0 Å². The Morgan fingerprint density at radius 2 is 1.56 bits per heavy atom. The third kappa shape index (κ3) is 5.18. The quantitative estimate of drug-likeness (QED) is 0.879. The molecule has 130 valence electrons. The molecule has 4 nitrogen and oxygen atoms in total. The third-order valence-electron chi connectivity index (χ3n) is 4.54. The Labute approximate surface area is 148 Å². The molecule has 0 radical (unpaired) electrons. The van der Waals surface area contributed by atoms with E-state index in [0.717, 1.165) is 49.2 Å². The highest BCUT2D eigenvalue weighted by Crippen LogP contribution is 2.14. The van der Waals surface area contributed by atoms with Crippen molar-refractivity contribution in [2.45, 2.75) is 32.1 Å². The van der Waals surface area contributed by atoms with Gasteiger partial charge in [-0.1, -0.05) is 42.5 Å². The van der Waals surface area contributed by atoms with Crippen molar-refractivity contribution in [1.82, 2.24) is 4.90 Å². The van der Waals surface area contributed by atoms with Gasteiger partial charge in [0.05, 0.1) is 6.42 Å². The first kappa shape index (κ1) is 17.2. The summed E-state index contributed by atoms with van der Waals surface area (Å²) in [4.78, 5) is 26.1. The maximum Gasteiger partial charge on any atom is 0.226 e. The van der Waals surface area contributed by atoms with E-state index in [4.69, 9.17) is 0 Å². The van der Waals surface area contributed by atoms with Crippen LogP contribution in [0.5, 0.6) is 0 Å². The fraction of sp³-hybridized carbons (Fsp3) is 0.333. The second-order valence-electron chi connectivity index (χ2n) is 6.50. The highest BCUT2D eigenvalue weighted by atomic mass is 16.2. The molecule has 1 aliphatic heterocycles. The van der Waals surface area contributed by atoms with E-state index in [-0.39, 0.29) is 11.8 Å². The first-order valence-electron chi connectivity index (χ1n) is 8.91. The lowest BCUT2D eigenvalue weighted by atomic mass is 10.1. The van der Waals surface area contributed by atoms with Crippen molar-refractivity contribution in [2.24, 2.45) is 0 Å². The SMILES string of the molecule is O=C(CCc1ccccc1)Nc1ccc(CC(=O)N2CCCC2)cc1. The van der Waals surface area contributed by atoms with Gasteiger partial charge in [-0.05, 0) is 42.5 Å². The molecule has 1 aliphatic rings. The molecule has 25 heavy (non-hydrogen) atoms. The number of carbonyl (C=O) groups excluding carboxylic acids is 2. The highest BCUT2D eigenvalue weighted by Gasteiger charge is 2.17. The summed E-state index contributed by atoms with van der Waals surface area (Å²) >= 11 is 0. The number of carbonyl (C=O) groups is 2. The minimum absolute atomic E-state index is 0.00439. The highest BCUT2D eigenvalue weighted by molar-refractivity contribution is 5.90. The third-order valence-corrected chi connectivity index (χ3v) is 4.54. The molecule has 0 spiro atoms. The average Bonchev–Trinajstić information content (AvgIpc) is 3.17.